The first-order valence-electron chi connectivity index (χ1n) is 9.56. The second kappa shape index (κ2) is 10.6. The van der Waals surface area contributed by atoms with Gasteiger partial charge in [-0.2, -0.15) is 0 Å². The number of nitrogens with one attached hydrogen (secondary N) is 3. The van der Waals surface area contributed by atoms with E-state index in [0.717, 1.165) is 17.1 Å². The number of nitrogens with zero attached hydrogens (tertiary/aromatic N) is 1. The fourth-order valence-electron chi connectivity index (χ4n) is 2.76. The molecule has 0 radical (unpaired) electrons. The van der Waals surface area contributed by atoms with Gasteiger partial charge in [0.15, 0.2) is 6.61 Å². The first-order valence-corrected chi connectivity index (χ1v) is 9.94. The zero-order valence-electron chi connectivity index (χ0n) is 16.2. The largest absolute Gasteiger partial charge is 0.484 e. The van der Waals surface area contributed by atoms with Crippen molar-refractivity contribution < 1.29 is 18.7 Å². The van der Waals surface area contributed by atoms with Gasteiger partial charge in [-0.3, -0.25) is 9.59 Å². The van der Waals surface area contributed by atoms with Gasteiger partial charge in [0.1, 0.15) is 17.4 Å². The highest BCUT2D eigenvalue weighted by Gasteiger charge is 2.07. The van der Waals surface area contributed by atoms with Gasteiger partial charge in [-0.05, 0) is 37.1 Å². The molecule has 7 nitrogen and oxygen atoms in total. The number of hydrogen-bond donors (Lipinski definition) is 3. The summed E-state index contributed by atoms with van der Waals surface area (Å²) in [5, 5.41) is 5.52. The molecule has 0 aliphatic carbocycles. The van der Waals surface area contributed by atoms with Crippen LogP contribution in [0, 0.1) is 5.82 Å². The molecule has 0 aliphatic rings. The SMILES string of the molecule is O=C(CCCCNC(=O)COc1ccc(Cl)c(F)c1)NCc1nc2ccccc2[nH]1. The molecule has 30 heavy (non-hydrogen) atoms. The maximum Gasteiger partial charge on any atom is 0.257 e. The number of unbranched alkanes of at least 4 members (excludes halogenated alkanes) is 1. The van der Waals surface area contributed by atoms with E-state index in [1.807, 2.05) is 24.3 Å². The third kappa shape index (κ3) is 6.45. The van der Waals surface area contributed by atoms with Crippen molar-refractivity contribution in [2.45, 2.75) is 25.8 Å². The summed E-state index contributed by atoms with van der Waals surface area (Å²) in [6, 6.07) is 11.6. The Bertz CT molecular complexity index is 991. The number of H-pyrrole nitrogens is 1. The molecule has 3 N–H and O–H groups in total. The molecule has 2 amide bonds. The van der Waals surface area contributed by atoms with Crippen LogP contribution < -0.4 is 15.4 Å². The number of imidazole rings is 1. The molecule has 3 rings (SSSR count). The number of carbonyl (C=O) groups is 2. The lowest BCUT2D eigenvalue weighted by Gasteiger charge is -2.08. The Hall–Kier alpha value is -3.13. The molecule has 3 aromatic rings. The number of aromatic amines is 1. The van der Waals surface area contributed by atoms with Crippen LogP contribution in [-0.2, 0) is 16.1 Å². The Morgan fingerprint density at radius 2 is 1.93 bits per heavy atom. The first kappa shape index (κ1) is 21.6. The highest BCUT2D eigenvalue weighted by Crippen LogP contribution is 2.20. The van der Waals surface area contributed by atoms with Gasteiger partial charge < -0.3 is 20.4 Å². The Labute approximate surface area is 178 Å². The number of ether oxygens (including phenoxy) is 1. The van der Waals surface area contributed by atoms with Gasteiger partial charge in [-0.1, -0.05) is 23.7 Å². The number of hydrogen-bond acceptors (Lipinski definition) is 4. The average molecular weight is 433 g/mol. The maximum absolute atomic E-state index is 13.3. The van der Waals surface area contributed by atoms with E-state index in [4.69, 9.17) is 16.3 Å². The van der Waals surface area contributed by atoms with Gasteiger partial charge in [0, 0.05) is 19.0 Å². The summed E-state index contributed by atoms with van der Waals surface area (Å²) in [6.07, 6.45) is 1.64. The van der Waals surface area contributed by atoms with Crippen LogP contribution in [0.5, 0.6) is 5.75 Å². The predicted molar refractivity (Wildman–Crippen MR) is 112 cm³/mol. The number of fused-ring (bicyclic) bond motifs is 1. The third-order valence-corrected chi connectivity index (χ3v) is 4.61. The van der Waals surface area contributed by atoms with Gasteiger partial charge in [-0.15, -0.1) is 0 Å². The van der Waals surface area contributed by atoms with E-state index in [1.54, 1.807) is 0 Å². The Kier molecular flexibility index (Phi) is 7.62. The number of aromatic nitrogens is 2. The van der Waals surface area contributed by atoms with Crippen molar-refractivity contribution in [1.29, 1.82) is 0 Å². The predicted octanol–water partition coefficient (Wildman–Crippen LogP) is 3.34. The van der Waals surface area contributed by atoms with E-state index in [2.05, 4.69) is 20.6 Å². The van der Waals surface area contributed by atoms with E-state index in [1.165, 1.54) is 12.1 Å². The van der Waals surface area contributed by atoms with Gasteiger partial charge in [-0.25, -0.2) is 9.37 Å². The van der Waals surface area contributed by atoms with Crippen molar-refractivity contribution in [3.05, 3.63) is 59.1 Å². The lowest BCUT2D eigenvalue weighted by Crippen LogP contribution is -2.30. The van der Waals surface area contributed by atoms with Crippen LogP contribution in [-0.4, -0.2) is 34.9 Å². The standard InChI is InChI=1S/C21H22ClFN4O3/c22-15-9-8-14(11-16(15)23)30-13-21(29)24-10-4-3-7-20(28)25-12-19-26-17-5-1-2-6-18(17)27-19/h1-2,5-6,8-9,11H,3-4,7,10,12-13H2,(H,24,29)(H,25,28)(H,26,27). The summed E-state index contributed by atoms with van der Waals surface area (Å²) in [6.45, 7) is 0.542. The number of carbonyl (C=O) groups excluding carboxylic acids is 2. The fourth-order valence-corrected chi connectivity index (χ4v) is 2.88. The molecule has 9 heteroatoms. The minimum Gasteiger partial charge on any atom is -0.484 e. The lowest BCUT2D eigenvalue weighted by atomic mass is 10.2. The molecule has 0 fully saturated rings. The molecule has 0 aliphatic heterocycles. The van der Waals surface area contributed by atoms with Crippen LogP contribution in [0.3, 0.4) is 0 Å². The highest BCUT2D eigenvalue weighted by molar-refractivity contribution is 6.30. The molecule has 0 saturated heterocycles. The van der Waals surface area contributed by atoms with Crippen LogP contribution in [0.4, 0.5) is 4.39 Å². The first-order chi connectivity index (χ1) is 14.5. The van der Waals surface area contributed by atoms with Crippen LogP contribution in [0.15, 0.2) is 42.5 Å². The molecular weight excluding hydrogens is 411 g/mol. The molecule has 0 spiro atoms. The van der Waals surface area contributed by atoms with Crippen LogP contribution >= 0.6 is 11.6 Å². The van der Waals surface area contributed by atoms with Crippen molar-refractivity contribution >= 4 is 34.4 Å². The molecular formula is C21H22ClFN4O3. The van der Waals surface area contributed by atoms with Crippen LogP contribution in [0.1, 0.15) is 25.1 Å². The van der Waals surface area contributed by atoms with Crippen LogP contribution in [0.2, 0.25) is 5.02 Å². The molecule has 0 unspecified atom stereocenters. The number of benzene rings is 2. The zero-order valence-corrected chi connectivity index (χ0v) is 17.0. The topological polar surface area (TPSA) is 96.1 Å². The molecule has 2 aromatic carbocycles. The van der Waals surface area contributed by atoms with Gasteiger partial charge >= 0.3 is 0 Å². The molecule has 0 saturated carbocycles. The van der Waals surface area contributed by atoms with Crippen molar-refractivity contribution in [2.75, 3.05) is 13.2 Å². The van der Waals surface area contributed by atoms with Gasteiger partial charge in [0.25, 0.3) is 5.91 Å². The Morgan fingerprint density at radius 3 is 2.73 bits per heavy atom. The van der Waals surface area contributed by atoms with E-state index >= 15 is 0 Å². The molecule has 158 valence electrons. The van der Waals surface area contributed by atoms with Gasteiger partial charge in [0.2, 0.25) is 5.91 Å². The van der Waals surface area contributed by atoms with E-state index < -0.39 is 5.82 Å². The quantitative estimate of drug-likeness (QED) is 0.428. The average Bonchev–Trinajstić information content (AvgIpc) is 3.16. The number of amides is 2. The normalized spacial score (nSPS) is 10.7. The second-order valence-corrected chi connectivity index (χ2v) is 7.06. The minimum absolute atomic E-state index is 0.00609. The maximum atomic E-state index is 13.3. The Balaban J connectivity index is 1.25. The van der Waals surface area contributed by atoms with Crippen LogP contribution in [0.25, 0.3) is 11.0 Å². The van der Waals surface area contributed by atoms with E-state index in [-0.39, 0.29) is 29.2 Å². The molecule has 1 aromatic heterocycles. The molecule has 1 heterocycles. The summed E-state index contributed by atoms with van der Waals surface area (Å²) < 4.78 is 18.5. The summed E-state index contributed by atoms with van der Waals surface area (Å²) in [4.78, 5) is 31.3. The number of rotatable bonds is 10. The van der Waals surface area contributed by atoms with Gasteiger partial charge in [0.05, 0.1) is 22.6 Å². The fraction of sp³-hybridized carbons (Fsp3) is 0.286. The van der Waals surface area contributed by atoms with Crippen molar-refractivity contribution in [2.24, 2.45) is 0 Å². The smallest absolute Gasteiger partial charge is 0.257 e. The number of para-hydroxylation sites is 2. The lowest BCUT2D eigenvalue weighted by molar-refractivity contribution is -0.123. The zero-order chi connectivity index (χ0) is 21.3. The van der Waals surface area contributed by atoms with Crippen molar-refractivity contribution in [3.8, 4) is 5.75 Å². The monoisotopic (exact) mass is 432 g/mol. The third-order valence-electron chi connectivity index (χ3n) is 4.31. The summed E-state index contributed by atoms with van der Waals surface area (Å²) >= 11 is 5.59. The summed E-state index contributed by atoms with van der Waals surface area (Å²) in [7, 11) is 0. The summed E-state index contributed by atoms with van der Waals surface area (Å²) in [5.41, 5.74) is 1.80. The molecule has 0 bridgehead atoms. The van der Waals surface area contributed by atoms with Crippen molar-refractivity contribution in [3.63, 3.8) is 0 Å². The van der Waals surface area contributed by atoms with Crippen molar-refractivity contribution in [1.82, 2.24) is 20.6 Å². The minimum atomic E-state index is -0.604. The Morgan fingerprint density at radius 1 is 1.10 bits per heavy atom. The van der Waals surface area contributed by atoms with E-state index in [0.29, 0.717) is 38.2 Å². The van der Waals surface area contributed by atoms with E-state index in [9.17, 15) is 14.0 Å². The molecule has 0 atom stereocenters. The summed E-state index contributed by atoms with van der Waals surface area (Å²) in [5.74, 6) is -0.0618. The number of halogens is 2. The second-order valence-electron chi connectivity index (χ2n) is 6.65. The highest BCUT2D eigenvalue weighted by atomic mass is 35.5.